The van der Waals surface area contributed by atoms with Gasteiger partial charge in [-0.05, 0) is 24.6 Å². The summed E-state index contributed by atoms with van der Waals surface area (Å²) in [6.45, 7) is 0.982. The van der Waals surface area contributed by atoms with Crippen LogP contribution >= 0.6 is 0 Å². The molecule has 0 unspecified atom stereocenters. The van der Waals surface area contributed by atoms with E-state index in [4.69, 9.17) is 0 Å². The van der Waals surface area contributed by atoms with E-state index in [9.17, 15) is 22.3 Å². The highest BCUT2D eigenvalue weighted by Gasteiger charge is 2.29. The fourth-order valence-electron chi connectivity index (χ4n) is 1.95. The molecule has 0 aliphatic heterocycles. The molecule has 0 heterocycles. The van der Waals surface area contributed by atoms with E-state index in [0.717, 1.165) is 18.2 Å². The average Bonchev–Trinajstić information content (AvgIpc) is 2.46. The van der Waals surface area contributed by atoms with Gasteiger partial charge in [0.2, 0.25) is 10.0 Å². The van der Waals surface area contributed by atoms with Gasteiger partial charge >= 0.3 is 0 Å². The number of nitrogens with one attached hydrogen (secondary N) is 1. The molecule has 0 radical (unpaired) electrons. The van der Waals surface area contributed by atoms with Crippen LogP contribution in [0.5, 0.6) is 0 Å². The second-order valence-electron chi connectivity index (χ2n) is 5.02. The number of hydrogen-bond donors (Lipinski definition) is 2. The summed E-state index contributed by atoms with van der Waals surface area (Å²) in [4.78, 5) is -1.06. The SMILES string of the molecule is C[C@](O)(CNS(=O)(=O)c1c(F)cccc1F)c1ccccc1. The highest BCUT2D eigenvalue weighted by molar-refractivity contribution is 7.89. The van der Waals surface area contributed by atoms with E-state index in [-0.39, 0.29) is 0 Å². The van der Waals surface area contributed by atoms with Crippen LogP contribution in [0.1, 0.15) is 12.5 Å². The van der Waals surface area contributed by atoms with E-state index in [1.54, 1.807) is 30.3 Å². The van der Waals surface area contributed by atoms with Gasteiger partial charge in [-0.1, -0.05) is 36.4 Å². The Morgan fingerprint density at radius 2 is 1.59 bits per heavy atom. The number of benzene rings is 2. The summed E-state index contributed by atoms with van der Waals surface area (Å²) in [6.07, 6.45) is 0. The lowest BCUT2D eigenvalue weighted by Crippen LogP contribution is -2.39. The minimum absolute atomic E-state index is 0.423. The van der Waals surface area contributed by atoms with Crippen LogP contribution in [-0.2, 0) is 15.6 Å². The van der Waals surface area contributed by atoms with Crippen LogP contribution in [-0.4, -0.2) is 20.1 Å². The molecule has 2 N–H and O–H groups in total. The van der Waals surface area contributed by atoms with Crippen LogP contribution in [0.25, 0.3) is 0 Å². The summed E-state index contributed by atoms with van der Waals surface area (Å²) < 4.78 is 53.3. The van der Waals surface area contributed by atoms with Crippen LogP contribution in [0.15, 0.2) is 53.4 Å². The Kier molecular flexibility index (Phi) is 4.60. The van der Waals surface area contributed by atoms with Crippen LogP contribution in [0.4, 0.5) is 8.78 Å². The van der Waals surface area contributed by atoms with Gasteiger partial charge in [0.25, 0.3) is 0 Å². The van der Waals surface area contributed by atoms with Gasteiger partial charge in [0.15, 0.2) is 4.90 Å². The maximum atomic E-state index is 13.6. The van der Waals surface area contributed by atoms with Crippen LogP contribution < -0.4 is 4.72 Å². The zero-order chi connectivity index (χ0) is 16.4. The molecular formula is C15H15F2NO3S. The number of aliphatic hydroxyl groups is 1. The number of rotatable bonds is 5. The van der Waals surface area contributed by atoms with Crippen molar-refractivity contribution in [2.75, 3.05) is 6.54 Å². The third-order valence-electron chi connectivity index (χ3n) is 3.19. The van der Waals surface area contributed by atoms with E-state index in [1.165, 1.54) is 6.92 Å². The summed E-state index contributed by atoms with van der Waals surface area (Å²) in [6, 6.07) is 11.2. The van der Waals surface area contributed by atoms with Gasteiger partial charge in [-0.3, -0.25) is 0 Å². The lowest BCUT2D eigenvalue weighted by atomic mass is 9.97. The smallest absolute Gasteiger partial charge is 0.246 e. The van der Waals surface area contributed by atoms with E-state index in [1.807, 2.05) is 4.72 Å². The van der Waals surface area contributed by atoms with Gasteiger partial charge in [-0.15, -0.1) is 0 Å². The molecule has 0 aliphatic rings. The van der Waals surface area contributed by atoms with E-state index >= 15 is 0 Å². The molecule has 0 saturated heterocycles. The van der Waals surface area contributed by atoms with Gasteiger partial charge in [0.05, 0.1) is 0 Å². The molecule has 0 fully saturated rings. The zero-order valence-corrected chi connectivity index (χ0v) is 12.6. The van der Waals surface area contributed by atoms with E-state index < -0.39 is 38.7 Å². The molecule has 0 amide bonds. The first-order valence-corrected chi connectivity index (χ1v) is 7.94. The maximum Gasteiger partial charge on any atom is 0.246 e. The fraction of sp³-hybridized carbons (Fsp3) is 0.200. The van der Waals surface area contributed by atoms with Crippen LogP contribution in [0.2, 0.25) is 0 Å². The summed E-state index contributed by atoms with van der Waals surface area (Å²) in [7, 11) is -4.42. The van der Waals surface area contributed by atoms with Crippen molar-refractivity contribution in [2.45, 2.75) is 17.4 Å². The molecule has 2 aromatic carbocycles. The Labute approximate surface area is 127 Å². The van der Waals surface area contributed by atoms with Crippen molar-refractivity contribution in [3.8, 4) is 0 Å². The van der Waals surface area contributed by atoms with Crippen LogP contribution in [0, 0.1) is 11.6 Å². The molecule has 0 aromatic heterocycles. The minimum atomic E-state index is -4.42. The molecule has 22 heavy (non-hydrogen) atoms. The lowest BCUT2D eigenvalue weighted by molar-refractivity contribution is 0.0627. The van der Waals surface area contributed by atoms with Gasteiger partial charge in [0, 0.05) is 6.54 Å². The lowest BCUT2D eigenvalue weighted by Gasteiger charge is -2.24. The van der Waals surface area contributed by atoms with Crippen molar-refractivity contribution in [3.63, 3.8) is 0 Å². The van der Waals surface area contributed by atoms with Crippen molar-refractivity contribution in [3.05, 3.63) is 65.7 Å². The first kappa shape index (κ1) is 16.5. The summed E-state index contributed by atoms with van der Waals surface area (Å²) >= 11 is 0. The zero-order valence-electron chi connectivity index (χ0n) is 11.8. The molecule has 0 spiro atoms. The topological polar surface area (TPSA) is 66.4 Å². The number of sulfonamides is 1. The molecule has 0 saturated carbocycles. The van der Waals surface area contributed by atoms with Gasteiger partial charge < -0.3 is 5.11 Å². The number of halogens is 2. The predicted octanol–water partition coefficient (Wildman–Crippen LogP) is 2.15. The van der Waals surface area contributed by atoms with Crippen molar-refractivity contribution in [1.29, 1.82) is 0 Å². The number of hydrogen-bond acceptors (Lipinski definition) is 3. The molecule has 1 atom stereocenters. The largest absolute Gasteiger partial charge is 0.384 e. The Balaban J connectivity index is 2.24. The second-order valence-corrected chi connectivity index (χ2v) is 6.72. The second kappa shape index (κ2) is 6.12. The maximum absolute atomic E-state index is 13.6. The highest BCUT2D eigenvalue weighted by atomic mass is 32.2. The molecule has 4 nitrogen and oxygen atoms in total. The predicted molar refractivity (Wildman–Crippen MR) is 77.6 cm³/mol. The summed E-state index contributed by atoms with van der Waals surface area (Å²) in [5.74, 6) is -2.38. The Morgan fingerprint density at radius 1 is 1.05 bits per heavy atom. The van der Waals surface area contributed by atoms with Crippen LogP contribution in [0.3, 0.4) is 0 Å². The Hall–Kier alpha value is -1.83. The minimum Gasteiger partial charge on any atom is -0.384 e. The van der Waals surface area contributed by atoms with E-state index in [2.05, 4.69) is 0 Å². The molecule has 7 heteroatoms. The van der Waals surface area contributed by atoms with Gasteiger partial charge in [-0.25, -0.2) is 21.9 Å². The standard InChI is InChI=1S/C15H15F2NO3S/c1-15(19,11-6-3-2-4-7-11)10-18-22(20,21)14-12(16)8-5-9-13(14)17/h2-9,18-19H,10H2,1H3/t15-/m0/s1. The van der Waals surface area contributed by atoms with Crippen molar-refractivity contribution < 1.29 is 22.3 Å². The first-order valence-electron chi connectivity index (χ1n) is 6.45. The quantitative estimate of drug-likeness (QED) is 0.884. The summed E-state index contributed by atoms with van der Waals surface area (Å²) in [5.41, 5.74) is -1.04. The molecule has 118 valence electrons. The van der Waals surface area contributed by atoms with Gasteiger partial charge in [0.1, 0.15) is 17.2 Å². The normalized spacial score (nSPS) is 14.5. The third-order valence-corrected chi connectivity index (χ3v) is 4.64. The van der Waals surface area contributed by atoms with Crippen molar-refractivity contribution in [2.24, 2.45) is 0 Å². The Morgan fingerprint density at radius 3 is 2.14 bits per heavy atom. The monoisotopic (exact) mass is 327 g/mol. The highest BCUT2D eigenvalue weighted by Crippen LogP contribution is 2.22. The Bertz CT molecular complexity index is 741. The van der Waals surface area contributed by atoms with Crippen molar-refractivity contribution in [1.82, 2.24) is 4.72 Å². The molecule has 2 rings (SSSR count). The molecular weight excluding hydrogens is 312 g/mol. The van der Waals surface area contributed by atoms with Gasteiger partial charge in [-0.2, -0.15) is 0 Å². The van der Waals surface area contributed by atoms with E-state index in [0.29, 0.717) is 5.56 Å². The fourth-order valence-corrected chi connectivity index (χ4v) is 3.21. The molecule has 2 aromatic rings. The third kappa shape index (κ3) is 3.49. The first-order chi connectivity index (χ1) is 10.2. The molecule has 0 aliphatic carbocycles. The molecule has 0 bridgehead atoms. The summed E-state index contributed by atoms with van der Waals surface area (Å²) in [5, 5.41) is 10.3. The van der Waals surface area contributed by atoms with Crippen molar-refractivity contribution >= 4 is 10.0 Å². The average molecular weight is 327 g/mol.